The minimum Gasteiger partial charge on any atom is -0.443 e. The van der Waals surface area contributed by atoms with Crippen LogP contribution in [0.4, 0.5) is 5.69 Å². The first-order valence-corrected chi connectivity index (χ1v) is 5.03. The van der Waals surface area contributed by atoms with E-state index < -0.39 is 0 Å². The number of oxazole rings is 1. The molecule has 80 valence electrons. The fourth-order valence-electron chi connectivity index (χ4n) is 1.68. The SMILES string of the molecule is O=C1CCC=NN1c1ccc2ncoc2c1. The molecular weight excluding hydrogens is 206 g/mol. The van der Waals surface area contributed by atoms with E-state index in [0.29, 0.717) is 24.1 Å². The molecule has 3 rings (SSSR count). The number of fused-ring (bicyclic) bond motifs is 1. The zero-order valence-electron chi connectivity index (χ0n) is 8.46. The first kappa shape index (κ1) is 9.08. The van der Waals surface area contributed by atoms with Crippen LogP contribution in [0.15, 0.2) is 34.1 Å². The van der Waals surface area contributed by atoms with Crippen molar-refractivity contribution in [3.05, 3.63) is 24.6 Å². The molecule has 1 amide bonds. The summed E-state index contributed by atoms with van der Waals surface area (Å²) in [5, 5.41) is 5.46. The fraction of sp³-hybridized carbons (Fsp3) is 0.182. The molecule has 0 N–H and O–H groups in total. The van der Waals surface area contributed by atoms with Crippen molar-refractivity contribution in [1.29, 1.82) is 0 Å². The predicted octanol–water partition coefficient (Wildman–Crippen LogP) is 1.94. The Balaban J connectivity index is 2.07. The van der Waals surface area contributed by atoms with Gasteiger partial charge in [-0.1, -0.05) is 0 Å². The van der Waals surface area contributed by atoms with E-state index in [0.717, 1.165) is 5.52 Å². The Hall–Kier alpha value is -2.17. The lowest BCUT2D eigenvalue weighted by atomic mass is 10.2. The van der Waals surface area contributed by atoms with Crippen molar-refractivity contribution in [2.45, 2.75) is 12.8 Å². The average Bonchev–Trinajstić information content (AvgIpc) is 2.76. The lowest BCUT2D eigenvalue weighted by molar-refractivity contribution is -0.118. The molecule has 0 bridgehead atoms. The molecule has 0 atom stereocenters. The Morgan fingerprint density at radius 2 is 2.31 bits per heavy atom. The smallest absolute Gasteiger partial charge is 0.247 e. The normalized spacial score (nSPS) is 16.0. The zero-order chi connectivity index (χ0) is 11.0. The van der Waals surface area contributed by atoms with Crippen LogP contribution in [0.25, 0.3) is 11.1 Å². The number of amides is 1. The summed E-state index contributed by atoms with van der Waals surface area (Å²) in [6.07, 6.45) is 4.33. The molecule has 1 aliphatic rings. The van der Waals surface area contributed by atoms with Gasteiger partial charge in [0.05, 0.1) is 5.69 Å². The zero-order valence-corrected chi connectivity index (χ0v) is 8.46. The second-order valence-electron chi connectivity index (χ2n) is 3.55. The van der Waals surface area contributed by atoms with Crippen LogP contribution >= 0.6 is 0 Å². The standard InChI is InChI=1S/C11H9N3O2/c15-11-2-1-5-13-14(11)8-3-4-9-10(6-8)16-7-12-9/h3-7H,1-2H2. The summed E-state index contributed by atoms with van der Waals surface area (Å²) >= 11 is 0. The fourth-order valence-corrected chi connectivity index (χ4v) is 1.68. The van der Waals surface area contributed by atoms with E-state index in [-0.39, 0.29) is 5.91 Å². The number of anilines is 1. The molecule has 1 aromatic heterocycles. The third-order valence-electron chi connectivity index (χ3n) is 2.48. The summed E-state index contributed by atoms with van der Waals surface area (Å²) < 4.78 is 5.18. The van der Waals surface area contributed by atoms with Gasteiger partial charge in [0.25, 0.3) is 0 Å². The van der Waals surface area contributed by atoms with Crippen molar-refractivity contribution >= 4 is 28.9 Å². The highest BCUT2D eigenvalue weighted by Crippen LogP contribution is 2.23. The van der Waals surface area contributed by atoms with Gasteiger partial charge in [0.2, 0.25) is 5.91 Å². The minimum atomic E-state index is 0.00126. The van der Waals surface area contributed by atoms with E-state index in [1.54, 1.807) is 12.3 Å². The lowest BCUT2D eigenvalue weighted by Crippen LogP contribution is -2.28. The lowest BCUT2D eigenvalue weighted by Gasteiger charge is -2.19. The van der Waals surface area contributed by atoms with Gasteiger partial charge >= 0.3 is 0 Å². The summed E-state index contributed by atoms with van der Waals surface area (Å²) in [5.74, 6) is 0.00126. The number of benzene rings is 1. The van der Waals surface area contributed by atoms with Gasteiger partial charge in [-0.2, -0.15) is 5.10 Å². The maximum atomic E-state index is 11.6. The molecule has 5 nitrogen and oxygen atoms in total. The van der Waals surface area contributed by atoms with E-state index in [2.05, 4.69) is 10.1 Å². The molecule has 16 heavy (non-hydrogen) atoms. The second-order valence-corrected chi connectivity index (χ2v) is 3.55. The molecule has 0 spiro atoms. The largest absolute Gasteiger partial charge is 0.443 e. The quantitative estimate of drug-likeness (QED) is 0.730. The van der Waals surface area contributed by atoms with E-state index >= 15 is 0 Å². The van der Waals surface area contributed by atoms with Gasteiger partial charge in [-0.3, -0.25) is 4.79 Å². The highest BCUT2D eigenvalue weighted by atomic mass is 16.3. The summed E-state index contributed by atoms with van der Waals surface area (Å²) in [6, 6.07) is 5.39. The van der Waals surface area contributed by atoms with Crippen molar-refractivity contribution in [3.63, 3.8) is 0 Å². The molecule has 0 fully saturated rings. The van der Waals surface area contributed by atoms with E-state index in [1.807, 2.05) is 12.1 Å². The Bertz CT molecular complexity index is 573. The van der Waals surface area contributed by atoms with Crippen LogP contribution < -0.4 is 5.01 Å². The molecular formula is C11H9N3O2. The van der Waals surface area contributed by atoms with Gasteiger partial charge in [0.1, 0.15) is 5.52 Å². The van der Waals surface area contributed by atoms with Gasteiger partial charge in [0.15, 0.2) is 12.0 Å². The van der Waals surface area contributed by atoms with Crippen LogP contribution in [0.2, 0.25) is 0 Å². The molecule has 0 saturated heterocycles. The molecule has 1 aliphatic heterocycles. The van der Waals surface area contributed by atoms with Gasteiger partial charge < -0.3 is 4.42 Å². The number of hydrazone groups is 1. The maximum absolute atomic E-state index is 11.6. The van der Waals surface area contributed by atoms with Crippen LogP contribution in [0.5, 0.6) is 0 Å². The summed E-state index contributed by atoms with van der Waals surface area (Å²) in [7, 11) is 0. The minimum absolute atomic E-state index is 0.00126. The van der Waals surface area contributed by atoms with Crippen LogP contribution in [0.1, 0.15) is 12.8 Å². The summed E-state index contributed by atoms with van der Waals surface area (Å²) in [5.41, 5.74) is 2.15. The van der Waals surface area contributed by atoms with Crippen LogP contribution in [-0.4, -0.2) is 17.1 Å². The second kappa shape index (κ2) is 3.44. The van der Waals surface area contributed by atoms with E-state index in [1.165, 1.54) is 11.4 Å². The maximum Gasteiger partial charge on any atom is 0.247 e. The number of aromatic nitrogens is 1. The monoisotopic (exact) mass is 215 g/mol. The molecule has 2 heterocycles. The molecule has 2 aromatic rings. The van der Waals surface area contributed by atoms with E-state index in [4.69, 9.17) is 4.42 Å². The van der Waals surface area contributed by atoms with Gasteiger partial charge in [-0.25, -0.2) is 9.99 Å². The first-order chi connectivity index (χ1) is 7.84. The van der Waals surface area contributed by atoms with Crippen molar-refractivity contribution < 1.29 is 9.21 Å². The molecule has 0 unspecified atom stereocenters. The Morgan fingerprint density at radius 3 is 3.19 bits per heavy atom. The number of rotatable bonds is 1. The van der Waals surface area contributed by atoms with E-state index in [9.17, 15) is 4.79 Å². The Morgan fingerprint density at radius 1 is 1.38 bits per heavy atom. The molecule has 0 radical (unpaired) electrons. The van der Waals surface area contributed by atoms with Crippen LogP contribution in [0, 0.1) is 0 Å². The van der Waals surface area contributed by atoms with Crippen molar-refractivity contribution in [1.82, 2.24) is 4.98 Å². The molecule has 0 aliphatic carbocycles. The highest BCUT2D eigenvalue weighted by molar-refractivity contribution is 5.98. The van der Waals surface area contributed by atoms with Crippen LogP contribution in [0.3, 0.4) is 0 Å². The molecule has 0 saturated carbocycles. The predicted molar refractivity (Wildman–Crippen MR) is 59.2 cm³/mol. The van der Waals surface area contributed by atoms with Crippen molar-refractivity contribution in [2.75, 3.05) is 5.01 Å². The van der Waals surface area contributed by atoms with Gasteiger partial charge in [0, 0.05) is 18.7 Å². The van der Waals surface area contributed by atoms with Crippen molar-refractivity contribution in [2.24, 2.45) is 5.10 Å². The average molecular weight is 215 g/mol. The highest BCUT2D eigenvalue weighted by Gasteiger charge is 2.17. The number of hydrogen-bond acceptors (Lipinski definition) is 4. The third kappa shape index (κ3) is 1.37. The Labute approximate surface area is 91.4 Å². The molecule has 5 heteroatoms. The number of carbonyl (C=O) groups excluding carboxylic acids is 1. The summed E-state index contributed by atoms with van der Waals surface area (Å²) in [6.45, 7) is 0. The van der Waals surface area contributed by atoms with Crippen LogP contribution in [-0.2, 0) is 4.79 Å². The van der Waals surface area contributed by atoms with Gasteiger partial charge in [-0.05, 0) is 18.6 Å². The number of carbonyl (C=O) groups is 1. The Kier molecular flexibility index (Phi) is 1.96. The van der Waals surface area contributed by atoms with Gasteiger partial charge in [-0.15, -0.1) is 0 Å². The molecule has 1 aromatic carbocycles. The first-order valence-electron chi connectivity index (χ1n) is 5.03. The topological polar surface area (TPSA) is 58.7 Å². The number of nitrogens with zero attached hydrogens (tertiary/aromatic N) is 3. The summed E-state index contributed by atoms with van der Waals surface area (Å²) in [4.78, 5) is 15.7. The van der Waals surface area contributed by atoms with Crippen molar-refractivity contribution in [3.8, 4) is 0 Å². The number of hydrogen-bond donors (Lipinski definition) is 0. The third-order valence-corrected chi connectivity index (χ3v) is 2.48.